The van der Waals surface area contributed by atoms with Crippen LogP contribution in [-0.2, 0) is 11.0 Å². The maximum absolute atomic E-state index is 12.9. The summed E-state index contributed by atoms with van der Waals surface area (Å²) in [6.45, 7) is 0. The fraction of sp³-hybridized carbons (Fsp3) is 0.133. The maximum atomic E-state index is 12.9. The molecule has 0 radical (unpaired) electrons. The molecule has 7 heteroatoms. The molecule has 0 saturated carbocycles. The van der Waals surface area contributed by atoms with E-state index in [2.05, 4.69) is 0 Å². The standard InChI is InChI=1S/C15H11F3O4/c1-21-12-7-9(6-10(8-12)15(16,17)18)13-4-2-11(22-13)3-5-14(19)20/h2-8H,1H3,(H,19,20)/b5-3+. The van der Waals surface area contributed by atoms with Crippen molar-refractivity contribution in [3.8, 4) is 17.1 Å². The molecular formula is C15H11F3O4. The highest BCUT2D eigenvalue weighted by Gasteiger charge is 2.31. The first-order chi connectivity index (χ1) is 10.3. The minimum absolute atomic E-state index is 0.0452. The van der Waals surface area contributed by atoms with Crippen molar-refractivity contribution in [1.82, 2.24) is 0 Å². The van der Waals surface area contributed by atoms with Crippen molar-refractivity contribution in [2.75, 3.05) is 7.11 Å². The van der Waals surface area contributed by atoms with Crippen molar-refractivity contribution in [2.24, 2.45) is 0 Å². The zero-order valence-corrected chi connectivity index (χ0v) is 11.3. The molecule has 1 N–H and O–H groups in total. The lowest BCUT2D eigenvalue weighted by atomic mass is 10.1. The molecule has 1 aromatic heterocycles. The lowest BCUT2D eigenvalue weighted by molar-refractivity contribution is -0.137. The summed E-state index contributed by atoms with van der Waals surface area (Å²) >= 11 is 0. The van der Waals surface area contributed by atoms with E-state index in [1.807, 2.05) is 0 Å². The third-order valence-electron chi connectivity index (χ3n) is 2.77. The monoisotopic (exact) mass is 312 g/mol. The van der Waals surface area contributed by atoms with Gasteiger partial charge in [0.15, 0.2) is 0 Å². The molecule has 0 amide bonds. The van der Waals surface area contributed by atoms with Crippen LogP contribution in [0.4, 0.5) is 13.2 Å². The first-order valence-electron chi connectivity index (χ1n) is 6.07. The molecule has 0 unspecified atom stereocenters. The van der Waals surface area contributed by atoms with Gasteiger partial charge in [0.2, 0.25) is 0 Å². The third-order valence-corrected chi connectivity index (χ3v) is 2.77. The van der Waals surface area contributed by atoms with Gasteiger partial charge in [0, 0.05) is 11.6 Å². The van der Waals surface area contributed by atoms with Crippen LogP contribution in [0.2, 0.25) is 0 Å². The number of halogens is 3. The lowest BCUT2D eigenvalue weighted by Crippen LogP contribution is -2.05. The van der Waals surface area contributed by atoms with E-state index >= 15 is 0 Å². The molecule has 2 aromatic rings. The normalized spacial score (nSPS) is 11.8. The van der Waals surface area contributed by atoms with Crippen molar-refractivity contribution >= 4 is 12.0 Å². The average Bonchev–Trinajstić information content (AvgIpc) is 2.92. The number of methoxy groups -OCH3 is 1. The summed E-state index contributed by atoms with van der Waals surface area (Å²) in [5, 5.41) is 8.52. The summed E-state index contributed by atoms with van der Waals surface area (Å²) in [6.07, 6.45) is -2.44. The summed E-state index contributed by atoms with van der Waals surface area (Å²) in [6, 6.07) is 6.14. The van der Waals surface area contributed by atoms with Crippen LogP contribution in [0.5, 0.6) is 5.75 Å². The minimum atomic E-state index is -4.51. The molecule has 1 aromatic carbocycles. The molecule has 0 aliphatic carbocycles. The number of benzene rings is 1. The van der Waals surface area contributed by atoms with E-state index < -0.39 is 17.7 Å². The van der Waals surface area contributed by atoms with Crippen molar-refractivity contribution in [3.05, 3.63) is 47.7 Å². The van der Waals surface area contributed by atoms with Crippen LogP contribution < -0.4 is 4.74 Å². The highest BCUT2D eigenvalue weighted by Crippen LogP contribution is 2.36. The van der Waals surface area contributed by atoms with Crippen LogP contribution in [0.15, 0.2) is 40.8 Å². The van der Waals surface area contributed by atoms with E-state index in [1.54, 1.807) is 0 Å². The molecular weight excluding hydrogens is 301 g/mol. The van der Waals surface area contributed by atoms with Crippen LogP contribution in [0, 0.1) is 0 Å². The van der Waals surface area contributed by atoms with Crippen LogP contribution in [0.3, 0.4) is 0 Å². The van der Waals surface area contributed by atoms with Crippen molar-refractivity contribution in [3.63, 3.8) is 0 Å². The number of carboxylic acid groups (broad SMARTS) is 1. The zero-order valence-electron chi connectivity index (χ0n) is 11.3. The first-order valence-corrected chi connectivity index (χ1v) is 6.07. The number of hydrogen-bond acceptors (Lipinski definition) is 3. The van der Waals surface area contributed by atoms with Gasteiger partial charge in [-0.05, 0) is 36.4 Å². The second-order valence-electron chi connectivity index (χ2n) is 4.32. The van der Waals surface area contributed by atoms with Gasteiger partial charge in [0.1, 0.15) is 17.3 Å². The van der Waals surface area contributed by atoms with Gasteiger partial charge in [-0.2, -0.15) is 13.2 Å². The molecule has 0 bridgehead atoms. The molecule has 0 aliphatic heterocycles. The van der Waals surface area contributed by atoms with Gasteiger partial charge < -0.3 is 14.3 Å². The van der Waals surface area contributed by atoms with Gasteiger partial charge in [-0.3, -0.25) is 0 Å². The van der Waals surface area contributed by atoms with Crippen molar-refractivity contribution in [2.45, 2.75) is 6.18 Å². The Bertz CT molecular complexity index is 714. The Hall–Kier alpha value is -2.70. The predicted octanol–water partition coefficient (Wildman–Crippen LogP) is 4.07. The lowest BCUT2D eigenvalue weighted by Gasteiger charge is -2.10. The minimum Gasteiger partial charge on any atom is -0.497 e. The van der Waals surface area contributed by atoms with E-state index in [0.29, 0.717) is 0 Å². The Balaban J connectivity index is 2.42. The quantitative estimate of drug-likeness (QED) is 0.865. The third kappa shape index (κ3) is 3.69. The number of ether oxygens (including phenoxy) is 1. The molecule has 0 saturated heterocycles. The van der Waals surface area contributed by atoms with Crippen LogP contribution >= 0.6 is 0 Å². The van der Waals surface area contributed by atoms with Crippen molar-refractivity contribution in [1.29, 1.82) is 0 Å². The molecule has 116 valence electrons. The Labute approximate surface area is 123 Å². The van der Waals surface area contributed by atoms with E-state index in [9.17, 15) is 18.0 Å². The summed E-state index contributed by atoms with van der Waals surface area (Å²) in [5.41, 5.74) is -0.678. The van der Waals surface area contributed by atoms with Gasteiger partial charge in [0.05, 0.1) is 12.7 Å². The number of carbonyl (C=O) groups is 1. The SMILES string of the molecule is COc1cc(-c2ccc(/C=C/C(=O)O)o2)cc(C(F)(F)F)c1. The number of hydrogen-bond donors (Lipinski definition) is 1. The molecule has 0 fully saturated rings. The zero-order chi connectivity index (χ0) is 16.3. The van der Waals surface area contributed by atoms with Gasteiger partial charge in [-0.15, -0.1) is 0 Å². The number of furan rings is 1. The second kappa shape index (κ2) is 5.97. The van der Waals surface area contributed by atoms with Crippen LogP contribution in [0.25, 0.3) is 17.4 Å². The highest BCUT2D eigenvalue weighted by molar-refractivity contribution is 5.84. The second-order valence-corrected chi connectivity index (χ2v) is 4.32. The Kier molecular flexibility index (Phi) is 4.25. The molecule has 0 aliphatic rings. The summed E-state index contributed by atoms with van der Waals surface area (Å²) in [4.78, 5) is 10.4. The van der Waals surface area contributed by atoms with Gasteiger partial charge in [0.25, 0.3) is 0 Å². The number of aliphatic carboxylic acids is 1. The fourth-order valence-corrected chi connectivity index (χ4v) is 1.77. The predicted molar refractivity (Wildman–Crippen MR) is 72.4 cm³/mol. The topological polar surface area (TPSA) is 59.7 Å². The highest BCUT2D eigenvalue weighted by atomic mass is 19.4. The number of rotatable bonds is 4. The molecule has 4 nitrogen and oxygen atoms in total. The van der Waals surface area contributed by atoms with E-state index in [1.165, 1.54) is 31.4 Å². The van der Waals surface area contributed by atoms with Crippen LogP contribution in [-0.4, -0.2) is 18.2 Å². The molecule has 1 heterocycles. The maximum Gasteiger partial charge on any atom is 0.416 e. The summed E-state index contributed by atoms with van der Waals surface area (Å²) in [7, 11) is 1.27. The van der Waals surface area contributed by atoms with Gasteiger partial charge in [-0.25, -0.2) is 4.79 Å². The van der Waals surface area contributed by atoms with E-state index in [4.69, 9.17) is 14.3 Å². The molecule has 22 heavy (non-hydrogen) atoms. The number of carboxylic acids is 1. The molecule has 2 rings (SSSR count). The van der Waals surface area contributed by atoms with Crippen LogP contribution in [0.1, 0.15) is 11.3 Å². The smallest absolute Gasteiger partial charge is 0.416 e. The van der Waals surface area contributed by atoms with Crippen molar-refractivity contribution < 1.29 is 32.2 Å². The van der Waals surface area contributed by atoms with Gasteiger partial charge in [-0.1, -0.05) is 0 Å². The Morgan fingerprint density at radius 1 is 1.27 bits per heavy atom. The summed E-state index contributed by atoms with van der Waals surface area (Å²) < 4.78 is 48.7. The van der Waals surface area contributed by atoms with Gasteiger partial charge >= 0.3 is 12.1 Å². The largest absolute Gasteiger partial charge is 0.497 e. The van der Waals surface area contributed by atoms with E-state index in [0.717, 1.165) is 18.2 Å². The van der Waals surface area contributed by atoms with E-state index in [-0.39, 0.29) is 22.8 Å². The number of alkyl halides is 3. The Morgan fingerprint density at radius 2 is 2.00 bits per heavy atom. The Morgan fingerprint density at radius 3 is 2.59 bits per heavy atom. The molecule has 0 spiro atoms. The molecule has 0 atom stereocenters. The summed E-state index contributed by atoms with van der Waals surface area (Å²) in [5.74, 6) is -0.717. The average molecular weight is 312 g/mol. The fourth-order valence-electron chi connectivity index (χ4n) is 1.77. The first kappa shape index (κ1) is 15.7.